The minimum atomic E-state index is -4.84. The molecular formula is C51H52F3N5O8. The van der Waals surface area contributed by atoms with E-state index in [9.17, 15) is 37.8 Å². The predicted molar refractivity (Wildman–Crippen MR) is 245 cm³/mol. The molecule has 3 aliphatic heterocycles. The number of alkyl halides is 3. The van der Waals surface area contributed by atoms with Gasteiger partial charge in [0.05, 0.1) is 17.7 Å². The third kappa shape index (κ3) is 12.3. The van der Waals surface area contributed by atoms with Gasteiger partial charge in [-0.3, -0.25) is 14.5 Å². The second kappa shape index (κ2) is 21.2. The second-order valence-electron chi connectivity index (χ2n) is 16.9. The number of carbonyl (C=O) groups excluding carboxylic acids is 2. The summed E-state index contributed by atoms with van der Waals surface area (Å²) < 4.78 is 54.7. The smallest absolute Gasteiger partial charge is 0.506 e. The number of aliphatic hydroxyl groups is 1. The largest absolute Gasteiger partial charge is 0.573 e. The van der Waals surface area contributed by atoms with Crippen molar-refractivity contribution in [3.05, 3.63) is 171 Å². The van der Waals surface area contributed by atoms with Crippen molar-refractivity contribution in [3.8, 4) is 17.2 Å². The van der Waals surface area contributed by atoms with Gasteiger partial charge >= 0.3 is 12.5 Å². The third-order valence-electron chi connectivity index (χ3n) is 12.3. The summed E-state index contributed by atoms with van der Waals surface area (Å²) in [5, 5.41) is 28.0. The Morgan fingerprint density at radius 1 is 0.851 bits per heavy atom. The molecule has 67 heavy (non-hydrogen) atoms. The molecular weight excluding hydrogens is 868 g/mol. The van der Waals surface area contributed by atoms with E-state index in [4.69, 9.17) is 9.47 Å². The number of pyridine rings is 1. The molecule has 0 spiro atoms. The van der Waals surface area contributed by atoms with Crippen molar-refractivity contribution in [2.24, 2.45) is 5.92 Å². The Balaban J connectivity index is 0.896. The highest BCUT2D eigenvalue weighted by atomic mass is 19.4. The number of aromatic amines is 1. The maximum atomic E-state index is 14.0. The molecule has 9 rings (SSSR count). The number of benzene rings is 5. The van der Waals surface area contributed by atoms with Gasteiger partial charge < -0.3 is 44.9 Å². The summed E-state index contributed by atoms with van der Waals surface area (Å²) in [5.41, 5.74) is 3.83. The first-order valence-electron chi connectivity index (χ1n) is 22.3. The summed E-state index contributed by atoms with van der Waals surface area (Å²) in [6.45, 7) is 3.94. The highest BCUT2D eigenvalue weighted by molar-refractivity contribution is 5.94. The monoisotopic (exact) mass is 919 g/mol. The van der Waals surface area contributed by atoms with Crippen LogP contribution >= 0.6 is 0 Å². The Morgan fingerprint density at radius 3 is 2.30 bits per heavy atom. The van der Waals surface area contributed by atoms with E-state index in [-0.39, 0.29) is 60.8 Å². The number of aromatic hydroxyl groups is 1. The zero-order valence-corrected chi connectivity index (χ0v) is 36.6. The average Bonchev–Trinajstić information content (AvgIpc) is 3.33. The number of phenolic OH excluding ortho intramolecular Hbond substituents is 1. The number of hydrogen-bond acceptors (Lipinski definition) is 10. The Kier molecular flexibility index (Phi) is 14.7. The van der Waals surface area contributed by atoms with E-state index < -0.39 is 24.6 Å². The molecule has 3 fully saturated rings. The summed E-state index contributed by atoms with van der Waals surface area (Å²) in [4.78, 5) is 45.7. The van der Waals surface area contributed by atoms with E-state index in [1.807, 2.05) is 54.6 Å². The molecule has 16 heteroatoms. The van der Waals surface area contributed by atoms with Gasteiger partial charge in [-0.25, -0.2) is 4.79 Å². The highest BCUT2D eigenvalue weighted by Crippen LogP contribution is 2.32. The molecule has 6 aromatic rings. The number of nitrogens with zero attached hydrogens (tertiary/aromatic N) is 2. The van der Waals surface area contributed by atoms with Crippen LogP contribution in [0.5, 0.6) is 17.2 Å². The van der Waals surface area contributed by atoms with Crippen LogP contribution in [0.4, 0.5) is 18.0 Å². The number of aromatic nitrogens is 1. The number of amides is 2. The lowest BCUT2D eigenvalue weighted by Crippen LogP contribution is -2.52. The number of hydrogen-bond donors (Lipinski definition) is 5. The highest BCUT2D eigenvalue weighted by Gasteiger charge is 2.37. The average molecular weight is 920 g/mol. The molecule has 13 nitrogen and oxygen atoms in total. The molecule has 0 radical (unpaired) electrons. The minimum absolute atomic E-state index is 0.100. The lowest BCUT2D eigenvalue weighted by atomic mass is 9.86. The lowest BCUT2D eigenvalue weighted by molar-refractivity contribution is -0.274. The Labute approximate surface area is 385 Å². The fraction of sp³-hybridized carbons (Fsp3) is 0.314. The molecule has 4 heterocycles. The Bertz CT molecular complexity index is 2680. The minimum Gasteiger partial charge on any atom is -0.506 e. The van der Waals surface area contributed by atoms with Crippen LogP contribution in [-0.4, -0.2) is 88.7 Å². The topological polar surface area (TPSA) is 166 Å². The van der Waals surface area contributed by atoms with Crippen LogP contribution in [0, 0.1) is 5.92 Å². The predicted octanol–water partition coefficient (Wildman–Crippen LogP) is 7.98. The van der Waals surface area contributed by atoms with Crippen LogP contribution in [0.15, 0.2) is 132 Å². The van der Waals surface area contributed by atoms with Crippen molar-refractivity contribution in [2.45, 2.75) is 57.0 Å². The molecule has 2 bridgehead atoms. The summed E-state index contributed by atoms with van der Waals surface area (Å²) in [5.74, 6) is 0.171. The molecule has 2 amide bonds. The second-order valence-corrected chi connectivity index (χ2v) is 16.9. The molecule has 5 N–H and O–H groups in total. The van der Waals surface area contributed by atoms with Gasteiger partial charge in [-0.05, 0) is 121 Å². The first-order valence-corrected chi connectivity index (χ1v) is 22.3. The van der Waals surface area contributed by atoms with Crippen molar-refractivity contribution in [2.75, 3.05) is 39.3 Å². The normalized spacial score (nSPS) is 17.6. The van der Waals surface area contributed by atoms with Gasteiger partial charge in [0.15, 0.2) is 0 Å². The number of ether oxygens (including phenoxy) is 3. The van der Waals surface area contributed by atoms with Crippen LogP contribution in [-0.2, 0) is 17.9 Å². The van der Waals surface area contributed by atoms with E-state index in [1.165, 1.54) is 42.5 Å². The number of rotatable bonds is 18. The first-order chi connectivity index (χ1) is 32.3. The van der Waals surface area contributed by atoms with E-state index in [2.05, 4.69) is 25.3 Å². The molecule has 3 saturated heterocycles. The number of fused-ring (bicyclic) bond motifs is 4. The van der Waals surface area contributed by atoms with Crippen molar-refractivity contribution >= 4 is 22.9 Å². The fourth-order valence-electron chi connectivity index (χ4n) is 8.78. The third-order valence-corrected chi connectivity index (χ3v) is 12.3. The molecule has 5 aromatic carbocycles. The zero-order chi connectivity index (χ0) is 46.9. The molecule has 3 aliphatic rings. The standard InChI is InChI=1S/C51H52F3N5O8/c52-51(53,54)67-39-16-12-33(13-17-39)30-59(25-5-24-55-29-44(61)41-18-20-43(60)48-42(41)19-21-46(62)56-48)49(63)37-14-10-34(11-15-37)32-65-40-9-4-8-38(28-40)47(36-6-2-1-3-7-36)57-50(64)66-45-31-58-26-22-35(45)23-27-58/h1-4,6-21,28,35,44-45,47,55,60-61H,5,22-27,29-32H2,(H,56,62)(H,57,64)/t44-,45+,47?/m1/s1. The van der Waals surface area contributed by atoms with Gasteiger partial charge in [-0.2, -0.15) is 0 Å². The number of nitrogens with one attached hydrogen (secondary N) is 3. The lowest BCUT2D eigenvalue weighted by Gasteiger charge is -2.43. The van der Waals surface area contributed by atoms with Gasteiger partial charge in [0, 0.05) is 43.2 Å². The quantitative estimate of drug-likeness (QED) is 0.0534. The first kappa shape index (κ1) is 46.6. The summed E-state index contributed by atoms with van der Waals surface area (Å²) in [7, 11) is 0. The number of phenols is 1. The van der Waals surface area contributed by atoms with Gasteiger partial charge in [-0.1, -0.05) is 72.8 Å². The molecule has 0 saturated carbocycles. The molecule has 1 aromatic heterocycles. The molecule has 3 atom stereocenters. The van der Waals surface area contributed by atoms with E-state index >= 15 is 0 Å². The van der Waals surface area contributed by atoms with Crippen LogP contribution < -0.4 is 25.7 Å². The van der Waals surface area contributed by atoms with E-state index in [0.717, 1.165) is 49.2 Å². The summed E-state index contributed by atoms with van der Waals surface area (Å²) in [6.07, 6.45) is -3.89. The molecule has 1 unspecified atom stereocenters. The summed E-state index contributed by atoms with van der Waals surface area (Å²) >= 11 is 0. The number of carbonyl (C=O) groups is 2. The Hall–Kier alpha value is -6.88. The maximum Gasteiger partial charge on any atom is 0.573 e. The van der Waals surface area contributed by atoms with Crippen molar-refractivity contribution in [1.29, 1.82) is 0 Å². The van der Waals surface area contributed by atoms with E-state index in [1.54, 1.807) is 35.2 Å². The van der Waals surface area contributed by atoms with Crippen LogP contribution in [0.25, 0.3) is 10.9 Å². The van der Waals surface area contributed by atoms with Crippen molar-refractivity contribution in [3.63, 3.8) is 0 Å². The van der Waals surface area contributed by atoms with Crippen LogP contribution in [0.1, 0.15) is 69.6 Å². The van der Waals surface area contributed by atoms with Gasteiger partial charge in [-0.15, -0.1) is 13.2 Å². The van der Waals surface area contributed by atoms with E-state index in [0.29, 0.717) is 46.7 Å². The summed E-state index contributed by atoms with van der Waals surface area (Å²) in [6, 6.07) is 34.9. The molecule has 0 aliphatic carbocycles. The van der Waals surface area contributed by atoms with Gasteiger partial charge in [0.2, 0.25) is 5.56 Å². The number of piperidine rings is 3. The van der Waals surface area contributed by atoms with Crippen LogP contribution in [0.2, 0.25) is 0 Å². The number of alkyl carbamates (subject to hydrolysis) is 1. The van der Waals surface area contributed by atoms with Crippen molar-refractivity contribution < 1.29 is 47.2 Å². The zero-order valence-electron chi connectivity index (χ0n) is 36.6. The molecule has 350 valence electrons. The van der Waals surface area contributed by atoms with Gasteiger partial charge in [0.1, 0.15) is 30.0 Å². The SMILES string of the molecule is O=C(NC(c1ccccc1)c1cccc(OCc2ccc(C(=O)N(CCCNC[C@@H](O)c3ccc(O)c4[nH]c(=O)ccc34)Cc3ccc(OC(F)(F)F)cc3)cc2)c1)O[C@H]1CN2CCC1CC2. The fourth-order valence-corrected chi connectivity index (χ4v) is 8.78. The maximum absolute atomic E-state index is 14.0. The van der Waals surface area contributed by atoms with Gasteiger partial charge in [0.25, 0.3) is 5.91 Å². The number of H-pyrrole nitrogens is 1. The number of aliphatic hydroxyl groups excluding tert-OH is 1. The van der Waals surface area contributed by atoms with Crippen molar-refractivity contribution in [1.82, 2.24) is 25.4 Å². The van der Waals surface area contributed by atoms with Crippen LogP contribution in [0.3, 0.4) is 0 Å². The number of halogens is 3. The Morgan fingerprint density at radius 2 is 1.58 bits per heavy atom.